The predicted molar refractivity (Wildman–Crippen MR) is 103 cm³/mol. The van der Waals surface area contributed by atoms with Crippen molar-refractivity contribution in [2.45, 2.75) is 20.3 Å². The molecule has 0 aliphatic rings. The molecule has 0 amide bonds. The first-order valence-electron chi connectivity index (χ1n) is 8.70. The van der Waals surface area contributed by atoms with E-state index in [9.17, 15) is 14.9 Å². The molecule has 0 atom stereocenters. The molecule has 0 bridgehead atoms. The van der Waals surface area contributed by atoms with Gasteiger partial charge >= 0.3 is 5.97 Å². The third-order valence-corrected chi connectivity index (χ3v) is 3.85. The predicted octanol–water partition coefficient (Wildman–Crippen LogP) is 4.79. The van der Waals surface area contributed by atoms with Crippen LogP contribution in [0.5, 0.6) is 0 Å². The summed E-state index contributed by atoms with van der Waals surface area (Å²) in [6.45, 7) is 5.55. The fourth-order valence-electron chi connectivity index (χ4n) is 2.33. The fourth-order valence-corrected chi connectivity index (χ4v) is 2.33. The molecule has 0 aromatic heterocycles. The molecule has 0 aliphatic carbocycles. The van der Waals surface area contributed by atoms with Crippen molar-refractivity contribution < 1.29 is 14.5 Å². The van der Waals surface area contributed by atoms with Crippen molar-refractivity contribution in [1.82, 2.24) is 0 Å². The molecule has 0 spiro atoms. The lowest BCUT2D eigenvalue weighted by Crippen LogP contribution is -2.27. The van der Waals surface area contributed by atoms with Gasteiger partial charge < -0.3 is 9.64 Å². The lowest BCUT2D eigenvalue weighted by Gasteiger charge is -2.22. The summed E-state index contributed by atoms with van der Waals surface area (Å²) in [4.78, 5) is 23.5. The van der Waals surface area contributed by atoms with Gasteiger partial charge in [0.1, 0.15) is 6.61 Å². The number of ether oxygens (including phenoxy) is 1. The number of azo groups is 1. The number of nitrogens with zero attached hydrogens (tertiary/aromatic N) is 4. The van der Waals surface area contributed by atoms with Crippen LogP contribution in [0.1, 0.15) is 20.3 Å². The summed E-state index contributed by atoms with van der Waals surface area (Å²) < 4.78 is 5.12. The molecule has 0 aliphatic heterocycles. The van der Waals surface area contributed by atoms with Crippen molar-refractivity contribution in [2.24, 2.45) is 10.2 Å². The summed E-state index contributed by atoms with van der Waals surface area (Å²) in [5.74, 6) is -0.201. The van der Waals surface area contributed by atoms with E-state index in [1.54, 1.807) is 19.1 Å². The summed E-state index contributed by atoms with van der Waals surface area (Å²) in [5.41, 5.74) is 2.23. The van der Waals surface area contributed by atoms with Crippen LogP contribution in [0.4, 0.5) is 22.7 Å². The van der Waals surface area contributed by atoms with Crippen LogP contribution in [0.25, 0.3) is 0 Å². The van der Waals surface area contributed by atoms with E-state index in [0.29, 0.717) is 30.9 Å². The van der Waals surface area contributed by atoms with Gasteiger partial charge in [-0.05, 0) is 43.3 Å². The molecule has 142 valence electrons. The van der Waals surface area contributed by atoms with Gasteiger partial charge in [-0.15, -0.1) is 0 Å². The van der Waals surface area contributed by atoms with Crippen LogP contribution in [-0.4, -0.2) is 30.6 Å². The molecule has 2 rings (SSSR count). The summed E-state index contributed by atoms with van der Waals surface area (Å²) in [6.07, 6.45) is 0.376. The molecule has 8 nitrogen and oxygen atoms in total. The molecule has 0 N–H and O–H groups in total. The molecule has 0 radical (unpaired) electrons. The number of non-ortho nitro benzene ring substituents is 1. The molecular formula is C19H22N4O4. The maximum Gasteiger partial charge on any atom is 0.305 e. The molecule has 2 aromatic carbocycles. The molecule has 2 aromatic rings. The normalized spacial score (nSPS) is 10.7. The number of carbonyl (C=O) groups is 1. The highest BCUT2D eigenvalue weighted by atomic mass is 16.6. The highest BCUT2D eigenvalue weighted by molar-refractivity contribution is 5.68. The molecule has 0 saturated carbocycles. The lowest BCUT2D eigenvalue weighted by molar-refractivity contribution is -0.384. The Balaban J connectivity index is 1.96. The number of hydrogen-bond donors (Lipinski definition) is 0. The highest BCUT2D eigenvalue weighted by Gasteiger charge is 2.06. The number of likely N-dealkylation sites (N-methyl/N-ethyl adjacent to an activating group) is 1. The van der Waals surface area contributed by atoms with Crippen LogP contribution < -0.4 is 4.90 Å². The van der Waals surface area contributed by atoms with Gasteiger partial charge in [-0.3, -0.25) is 14.9 Å². The third kappa shape index (κ3) is 6.18. The van der Waals surface area contributed by atoms with Crippen LogP contribution in [0.2, 0.25) is 0 Å². The van der Waals surface area contributed by atoms with Crippen LogP contribution in [0.15, 0.2) is 58.8 Å². The van der Waals surface area contributed by atoms with Crippen LogP contribution >= 0.6 is 0 Å². The number of benzene rings is 2. The van der Waals surface area contributed by atoms with Crippen molar-refractivity contribution in [2.75, 3.05) is 24.6 Å². The Kier molecular flexibility index (Phi) is 7.42. The van der Waals surface area contributed by atoms with Crippen LogP contribution in [0, 0.1) is 10.1 Å². The van der Waals surface area contributed by atoms with Crippen molar-refractivity contribution in [3.8, 4) is 0 Å². The Bertz CT molecular complexity index is 788. The Morgan fingerprint density at radius 2 is 1.59 bits per heavy atom. The van der Waals surface area contributed by atoms with Gasteiger partial charge in [-0.1, -0.05) is 6.92 Å². The number of anilines is 1. The SMILES string of the molecule is CCC(=O)OCCN(CC)c1ccc(/N=N/c2ccc([N+](=O)[O-])cc2)cc1. The fraction of sp³-hybridized carbons (Fsp3) is 0.316. The summed E-state index contributed by atoms with van der Waals surface area (Å²) in [6, 6.07) is 13.4. The zero-order valence-corrected chi connectivity index (χ0v) is 15.4. The molecule has 0 unspecified atom stereocenters. The number of esters is 1. The van der Waals surface area contributed by atoms with E-state index >= 15 is 0 Å². The quantitative estimate of drug-likeness (QED) is 0.273. The zero-order valence-electron chi connectivity index (χ0n) is 15.4. The monoisotopic (exact) mass is 370 g/mol. The Labute approximate surface area is 157 Å². The molecule has 0 heterocycles. The minimum atomic E-state index is -0.456. The zero-order chi connectivity index (χ0) is 19.6. The summed E-state index contributed by atoms with van der Waals surface area (Å²) >= 11 is 0. The number of nitro groups is 1. The second kappa shape index (κ2) is 10.0. The van der Waals surface area contributed by atoms with Gasteiger partial charge in [0.05, 0.1) is 22.8 Å². The first-order valence-corrected chi connectivity index (χ1v) is 8.70. The lowest BCUT2D eigenvalue weighted by atomic mass is 10.2. The highest BCUT2D eigenvalue weighted by Crippen LogP contribution is 2.23. The van der Waals surface area contributed by atoms with Gasteiger partial charge in [0.25, 0.3) is 5.69 Å². The average Bonchev–Trinajstić information content (AvgIpc) is 2.70. The molecule has 8 heteroatoms. The largest absolute Gasteiger partial charge is 0.464 e. The van der Waals surface area contributed by atoms with Crippen LogP contribution in [0.3, 0.4) is 0 Å². The average molecular weight is 370 g/mol. The first kappa shape index (κ1) is 20.0. The van der Waals surface area contributed by atoms with Crippen molar-refractivity contribution in [3.63, 3.8) is 0 Å². The maximum absolute atomic E-state index is 11.2. The van der Waals surface area contributed by atoms with Gasteiger partial charge in [-0.2, -0.15) is 10.2 Å². The standard InChI is InChI=1S/C19H22N4O4/c1-3-19(24)27-14-13-22(4-2)17-9-5-15(6-10-17)20-21-16-7-11-18(12-8-16)23(25)26/h5-12H,3-4,13-14H2,1-2H3/b21-20+. The van der Waals surface area contributed by atoms with E-state index in [1.165, 1.54) is 12.1 Å². The van der Waals surface area contributed by atoms with Crippen molar-refractivity contribution >= 4 is 28.7 Å². The van der Waals surface area contributed by atoms with E-state index in [-0.39, 0.29) is 11.7 Å². The maximum atomic E-state index is 11.2. The van der Waals surface area contributed by atoms with Crippen LogP contribution in [-0.2, 0) is 9.53 Å². The number of hydrogen-bond acceptors (Lipinski definition) is 7. The second-order valence-electron chi connectivity index (χ2n) is 5.64. The van der Waals surface area contributed by atoms with Crippen molar-refractivity contribution in [3.05, 3.63) is 58.6 Å². The molecule has 0 saturated heterocycles. The topological polar surface area (TPSA) is 97.4 Å². The van der Waals surface area contributed by atoms with E-state index in [2.05, 4.69) is 15.1 Å². The number of nitro benzene ring substituents is 1. The minimum absolute atomic E-state index is 0.0163. The van der Waals surface area contributed by atoms with Gasteiger partial charge in [0.2, 0.25) is 0 Å². The van der Waals surface area contributed by atoms with Gasteiger partial charge in [0.15, 0.2) is 0 Å². The summed E-state index contributed by atoms with van der Waals surface area (Å²) in [7, 11) is 0. The van der Waals surface area contributed by atoms with E-state index < -0.39 is 4.92 Å². The second-order valence-corrected chi connectivity index (χ2v) is 5.64. The molecular weight excluding hydrogens is 348 g/mol. The number of rotatable bonds is 9. The van der Waals surface area contributed by atoms with E-state index in [4.69, 9.17) is 4.74 Å². The number of carbonyl (C=O) groups excluding carboxylic acids is 1. The molecule has 27 heavy (non-hydrogen) atoms. The Morgan fingerprint density at radius 3 is 2.07 bits per heavy atom. The van der Waals surface area contributed by atoms with E-state index in [0.717, 1.165) is 12.2 Å². The smallest absolute Gasteiger partial charge is 0.305 e. The Morgan fingerprint density at radius 1 is 1.04 bits per heavy atom. The summed E-state index contributed by atoms with van der Waals surface area (Å²) in [5, 5.41) is 18.9. The van der Waals surface area contributed by atoms with Crippen molar-refractivity contribution in [1.29, 1.82) is 0 Å². The van der Waals surface area contributed by atoms with Gasteiger partial charge in [-0.25, -0.2) is 0 Å². The minimum Gasteiger partial charge on any atom is -0.464 e. The third-order valence-electron chi connectivity index (χ3n) is 3.85. The van der Waals surface area contributed by atoms with E-state index in [1.807, 2.05) is 31.2 Å². The Hall–Kier alpha value is -3.29. The van der Waals surface area contributed by atoms with Gasteiger partial charge in [0, 0.05) is 30.8 Å². The first-order chi connectivity index (χ1) is 13.0. The molecule has 0 fully saturated rings.